The number of hydrogen-bond donors (Lipinski definition) is 2. The molecule has 1 fully saturated rings. The summed E-state index contributed by atoms with van der Waals surface area (Å²) >= 11 is 12.8. The maximum absolute atomic E-state index is 13.3. The summed E-state index contributed by atoms with van der Waals surface area (Å²) in [6.45, 7) is 4.42. The van der Waals surface area contributed by atoms with E-state index >= 15 is 0 Å². The molecule has 4 rings (SSSR count). The molecule has 2 N–H and O–H groups in total. The highest BCUT2D eigenvalue weighted by molar-refractivity contribution is 6.42. The van der Waals surface area contributed by atoms with Crippen LogP contribution in [0.5, 0.6) is 11.5 Å². The minimum atomic E-state index is -0.532. The van der Waals surface area contributed by atoms with E-state index in [1.165, 1.54) is 26.4 Å². The van der Waals surface area contributed by atoms with Crippen LogP contribution in [0.2, 0.25) is 10.0 Å². The molecule has 35 heavy (non-hydrogen) atoms. The number of nitrogens with zero attached hydrogens (tertiary/aromatic N) is 1. The van der Waals surface area contributed by atoms with Gasteiger partial charge in [-0.15, -0.1) is 0 Å². The first-order valence-electron chi connectivity index (χ1n) is 10.7. The number of aromatic nitrogens is 1. The molecule has 0 aliphatic carbocycles. The standard InChI is InChI=1S/C24H23Cl2N3O6/c1-4-20(30)29-13-5-6-34-11-14(13)28-19-9-15-12(10-27-19)7-18(35-15)24(31)21-22(25)16(32-2)8-17(33-3)23(21)26/h4,7-10,13-14H,1,5-6,11H2,2-3H3,(H,27,28)(H,29,30). The Balaban J connectivity index is 1.62. The van der Waals surface area contributed by atoms with Gasteiger partial charge in [0.1, 0.15) is 22.9 Å². The number of ether oxygens (including phenoxy) is 3. The zero-order valence-corrected chi connectivity index (χ0v) is 20.5. The van der Waals surface area contributed by atoms with Crippen LogP contribution in [0.1, 0.15) is 22.5 Å². The number of carbonyl (C=O) groups is 2. The lowest BCUT2D eigenvalue weighted by Crippen LogP contribution is -2.52. The van der Waals surface area contributed by atoms with E-state index in [1.54, 1.807) is 18.3 Å². The van der Waals surface area contributed by atoms with Crippen molar-refractivity contribution in [2.75, 3.05) is 32.8 Å². The Morgan fingerprint density at radius 1 is 1.14 bits per heavy atom. The molecule has 0 spiro atoms. The second-order valence-corrected chi connectivity index (χ2v) is 8.52. The van der Waals surface area contributed by atoms with Gasteiger partial charge in [-0.3, -0.25) is 9.59 Å². The number of halogens is 2. The molecule has 0 radical (unpaired) electrons. The highest BCUT2D eigenvalue weighted by Crippen LogP contribution is 2.41. The third kappa shape index (κ3) is 5.07. The van der Waals surface area contributed by atoms with E-state index in [4.69, 9.17) is 41.8 Å². The predicted octanol–water partition coefficient (Wildman–Crippen LogP) is 4.25. The van der Waals surface area contributed by atoms with Crippen molar-refractivity contribution in [3.63, 3.8) is 0 Å². The number of furan rings is 1. The van der Waals surface area contributed by atoms with Crippen molar-refractivity contribution in [1.82, 2.24) is 10.3 Å². The lowest BCUT2D eigenvalue weighted by Gasteiger charge is -2.32. The van der Waals surface area contributed by atoms with Crippen molar-refractivity contribution in [1.29, 1.82) is 0 Å². The molecule has 1 aliphatic rings. The lowest BCUT2D eigenvalue weighted by atomic mass is 10.0. The van der Waals surface area contributed by atoms with E-state index in [0.717, 1.165) is 0 Å². The molecule has 11 heteroatoms. The largest absolute Gasteiger partial charge is 0.495 e. The van der Waals surface area contributed by atoms with Crippen LogP contribution in [0.25, 0.3) is 11.0 Å². The average Bonchev–Trinajstić information content (AvgIpc) is 3.29. The monoisotopic (exact) mass is 519 g/mol. The van der Waals surface area contributed by atoms with Gasteiger partial charge in [0.15, 0.2) is 5.76 Å². The number of fused-ring (bicyclic) bond motifs is 1. The summed E-state index contributed by atoms with van der Waals surface area (Å²) in [4.78, 5) is 29.5. The molecule has 9 nitrogen and oxygen atoms in total. The number of ketones is 1. The molecule has 184 valence electrons. The van der Waals surface area contributed by atoms with Crippen LogP contribution in [0.3, 0.4) is 0 Å². The normalized spacial score (nSPS) is 17.6. The molecule has 2 atom stereocenters. The van der Waals surface area contributed by atoms with Crippen molar-refractivity contribution in [2.45, 2.75) is 18.5 Å². The van der Waals surface area contributed by atoms with Crippen LogP contribution >= 0.6 is 23.2 Å². The fourth-order valence-electron chi connectivity index (χ4n) is 3.82. The number of anilines is 1. The summed E-state index contributed by atoms with van der Waals surface area (Å²) in [6.07, 6.45) is 3.45. The van der Waals surface area contributed by atoms with Crippen molar-refractivity contribution in [3.8, 4) is 11.5 Å². The number of nitrogens with one attached hydrogen (secondary N) is 2. The van der Waals surface area contributed by atoms with Gasteiger partial charge in [0, 0.05) is 30.3 Å². The zero-order chi connectivity index (χ0) is 25.1. The van der Waals surface area contributed by atoms with E-state index in [0.29, 0.717) is 36.4 Å². The van der Waals surface area contributed by atoms with E-state index in [-0.39, 0.29) is 50.9 Å². The SMILES string of the molecule is C=CC(=O)NC1CCOCC1Nc1cc2oc(C(=O)c3c(Cl)c(OC)cc(OC)c3Cl)cc2cn1. The second kappa shape index (κ2) is 10.6. The Kier molecular flexibility index (Phi) is 7.49. The lowest BCUT2D eigenvalue weighted by molar-refractivity contribution is -0.117. The molecule has 2 aromatic heterocycles. The first-order valence-corrected chi connectivity index (χ1v) is 11.4. The van der Waals surface area contributed by atoms with Crippen LogP contribution in [-0.4, -0.2) is 56.2 Å². The molecular weight excluding hydrogens is 497 g/mol. The number of methoxy groups -OCH3 is 2. The van der Waals surface area contributed by atoms with Crippen LogP contribution in [0, 0.1) is 0 Å². The van der Waals surface area contributed by atoms with E-state index < -0.39 is 5.78 Å². The maximum atomic E-state index is 13.3. The summed E-state index contributed by atoms with van der Waals surface area (Å²) in [6, 6.07) is 4.36. The molecule has 3 aromatic rings. The van der Waals surface area contributed by atoms with Gasteiger partial charge >= 0.3 is 0 Å². The Labute approximate surface area is 211 Å². The molecule has 3 heterocycles. The first-order chi connectivity index (χ1) is 16.9. The Hall–Kier alpha value is -3.27. The average molecular weight is 520 g/mol. The summed E-state index contributed by atoms with van der Waals surface area (Å²) < 4.78 is 21.9. The second-order valence-electron chi connectivity index (χ2n) is 7.76. The molecule has 2 unspecified atom stereocenters. The van der Waals surface area contributed by atoms with Gasteiger partial charge in [0.2, 0.25) is 11.7 Å². The van der Waals surface area contributed by atoms with Gasteiger partial charge in [-0.05, 0) is 18.6 Å². The van der Waals surface area contributed by atoms with E-state index in [2.05, 4.69) is 22.2 Å². The molecule has 0 bridgehead atoms. The van der Waals surface area contributed by atoms with Crippen LogP contribution in [0.15, 0.2) is 41.5 Å². The van der Waals surface area contributed by atoms with Crippen molar-refractivity contribution in [2.24, 2.45) is 0 Å². The van der Waals surface area contributed by atoms with Gasteiger partial charge in [-0.25, -0.2) is 4.98 Å². The van der Waals surface area contributed by atoms with Crippen LogP contribution in [0.4, 0.5) is 5.82 Å². The maximum Gasteiger partial charge on any atom is 0.243 e. The van der Waals surface area contributed by atoms with E-state index in [1.807, 2.05) is 0 Å². The highest BCUT2D eigenvalue weighted by Gasteiger charge is 2.28. The van der Waals surface area contributed by atoms with E-state index in [9.17, 15) is 9.59 Å². The summed E-state index contributed by atoms with van der Waals surface area (Å²) in [5, 5.41) is 6.88. The summed E-state index contributed by atoms with van der Waals surface area (Å²) in [5.74, 6) is 0.221. The molecule has 1 saturated heterocycles. The minimum absolute atomic E-state index is 0.00931. The predicted molar refractivity (Wildman–Crippen MR) is 132 cm³/mol. The highest BCUT2D eigenvalue weighted by atomic mass is 35.5. The van der Waals surface area contributed by atoms with Gasteiger partial charge < -0.3 is 29.3 Å². The van der Waals surface area contributed by atoms with Gasteiger partial charge in [-0.2, -0.15) is 0 Å². The smallest absolute Gasteiger partial charge is 0.243 e. The summed E-state index contributed by atoms with van der Waals surface area (Å²) in [5.41, 5.74) is 0.436. The third-order valence-corrected chi connectivity index (χ3v) is 6.38. The molecule has 1 aromatic carbocycles. The Morgan fingerprint density at radius 3 is 2.51 bits per heavy atom. The third-order valence-electron chi connectivity index (χ3n) is 5.63. The topological polar surface area (TPSA) is 112 Å². The molecular formula is C24H23Cl2N3O6. The van der Waals surface area contributed by atoms with Crippen molar-refractivity contribution < 1.29 is 28.2 Å². The van der Waals surface area contributed by atoms with Gasteiger partial charge in [0.05, 0.1) is 48.5 Å². The summed E-state index contributed by atoms with van der Waals surface area (Å²) in [7, 11) is 2.85. The van der Waals surface area contributed by atoms with Crippen LogP contribution < -0.4 is 20.1 Å². The number of amides is 1. The number of pyridine rings is 1. The fourth-order valence-corrected chi connectivity index (χ4v) is 4.49. The van der Waals surface area contributed by atoms with Gasteiger partial charge in [0.25, 0.3) is 0 Å². The van der Waals surface area contributed by atoms with Crippen LogP contribution in [-0.2, 0) is 9.53 Å². The zero-order valence-electron chi connectivity index (χ0n) is 19.0. The molecule has 0 saturated carbocycles. The molecule has 1 aliphatic heterocycles. The minimum Gasteiger partial charge on any atom is -0.495 e. The van der Waals surface area contributed by atoms with Crippen molar-refractivity contribution in [3.05, 3.63) is 58.4 Å². The quantitative estimate of drug-likeness (QED) is 0.335. The first kappa shape index (κ1) is 24.8. The molecule has 1 amide bonds. The fraction of sp³-hybridized carbons (Fsp3) is 0.292. The van der Waals surface area contributed by atoms with Gasteiger partial charge in [-0.1, -0.05) is 29.8 Å². The van der Waals surface area contributed by atoms with Crippen molar-refractivity contribution >= 4 is 51.7 Å². The number of rotatable bonds is 8. The number of benzene rings is 1. The Bertz CT molecular complexity index is 1260. The number of hydrogen-bond acceptors (Lipinski definition) is 8. The number of carbonyl (C=O) groups excluding carboxylic acids is 2. The Morgan fingerprint density at radius 2 is 1.86 bits per heavy atom.